The minimum atomic E-state index is -1.12. The lowest BCUT2D eigenvalue weighted by Gasteiger charge is -2.19. The van der Waals surface area contributed by atoms with E-state index < -0.39 is 17.7 Å². The summed E-state index contributed by atoms with van der Waals surface area (Å²) in [7, 11) is 0. The number of aromatic nitrogens is 1. The predicted molar refractivity (Wildman–Crippen MR) is 76.9 cm³/mol. The zero-order chi connectivity index (χ0) is 15.9. The second-order valence-electron chi connectivity index (χ2n) is 5.19. The molecule has 112 valence electrons. The summed E-state index contributed by atoms with van der Waals surface area (Å²) in [5.41, 5.74) is -0.269. The van der Waals surface area contributed by atoms with Gasteiger partial charge in [-0.1, -0.05) is 11.8 Å². The summed E-state index contributed by atoms with van der Waals surface area (Å²) in [6.45, 7) is 5.66. The molecule has 0 bridgehead atoms. The largest absolute Gasteiger partial charge is 0.476 e. The molecule has 0 aliphatic heterocycles. The van der Waals surface area contributed by atoms with Gasteiger partial charge in [-0.05, 0) is 32.9 Å². The molecule has 0 unspecified atom stereocenters. The Hall–Kier alpha value is -2.55. The second kappa shape index (κ2) is 7.29. The smallest absolute Gasteiger partial charge is 0.407 e. The van der Waals surface area contributed by atoms with Gasteiger partial charge in [0.1, 0.15) is 5.60 Å². The van der Waals surface area contributed by atoms with Gasteiger partial charge < -0.3 is 15.2 Å². The van der Waals surface area contributed by atoms with Crippen LogP contribution in [-0.4, -0.2) is 34.3 Å². The first-order chi connectivity index (χ1) is 9.79. The van der Waals surface area contributed by atoms with E-state index in [1.165, 1.54) is 6.20 Å². The molecule has 21 heavy (non-hydrogen) atoms. The Morgan fingerprint density at radius 2 is 2.14 bits per heavy atom. The Labute approximate surface area is 123 Å². The number of carboxylic acids is 1. The van der Waals surface area contributed by atoms with Gasteiger partial charge in [0.2, 0.25) is 0 Å². The molecule has 1 aromatic heterocycles. The van der Waals surface area contributed by atoms with Gasteiger partial charge in [0.25, 0.3) is 0 Å². The molecular formula is C15H18N2O4. The predicted octanol–water partition coefficient (Wildman–Crippen LogP) is 2.05. The van der Waals surface area contributed by atoms with Gasteiger partial charge >= 0.3 is 12.1 Å². The standard InChI is InChI=1S/C15H18N2O4/c1-15(2,3)21-14(20)17-9-5-4-7-11-8-6-10-16-12(11)13(18)19/h6,8,10H,5,9H2,1-3H3,(H,17,20)(H,18,19). The number of rotatable bonds is 3. The summed E-state index contributed by atoms with van der Waals surface area (Å²) >= 11 is 0. The number of hydrogen-bond acceptors (Lipinski definition) is 4. The van der Waals surface area contributed by atoms with E-state index in [4.69, 9.17) is 9.84 Å². The summed E-state index contributed by atoms with van der Waals surface area (Å²) in [6, 6.07) is 3.21. The van der Waals surface area contributed by atoms with Crippen LogP contribution in [-0.2, 0) is 4.74 Å². The van der Waals surface area contributed by atoms with Crippen LogP contribution in [0.3, 0.4) is 0 Å². The lowest BCUT2D eigenvalue weighted by Crippen LogP contribution is -2.32. The van der Waals surface area contributed by atoms with E-state index >= 15 is 0 Å². The van der Waals surface area contributed by atoms with Gasteiger partial charge in [-0.25, -0.2) is 14.6 Å². The van der Waals surface area contributed by atoms with E-state index in [-0.39, 0.29) is 5.69 Å². The van der Waals surface area contributed by atoms with Crippen molar-refractivity contribution >= 4 is 12.1 Å². The average molecular weight is 290 g/mol. The van der Waals surface area contributed by atoms with Crippen molar-refractivity contribution in [2.24, 2.45) is 0 Å². The molecule has 1 aromatic rings. The minimum Gasteiger partial charge on any atom is -0.476 e. The number of amides is 1. The molecule has 2 N–H and O–H groups in total. The van der Waals surface area contributed by atoms with Crippen LogP contribution in [0.4, 0.5) is 4.79 Å². The SMILES string of the molecule is CC(C)(C)OC(=O)NCCC#Cc1cccnc1C(=O)O. The topological polar surface area (TPSA) is 88.5 Å². The zero-order valence-corrected chi connectivity index (χ0v) is 12.3. The van der Waals surface area contributed by atoms with Gasteiger partial charge in [-0.2, -0.15) is 0 Å². The number of ether oxygens (including phenoxy) is 1. The molecule has 0 atom stereocenters. The van der Waals surface area contributed by atoms with Gasteiger partial charge in [-0.15, -0.1) is 0 Å². The number of hydrogen-bond donors (Lipinski definition) is 2. The maximum Gasteiger partial charge on any atom is 0.407 e. The third-order valence-electron chi connectivity index (χ3n) is 2.15. The molecule has 6 nitrogen and oxygen atoms in total. The van der Waals surface area contributed by atoms with Crippen molar-refractivity contribution in [1.82, 2.24) is 10.3 Å². The maximum atomic E-state index is 11.4. The van der Waals surface area contributed by atoms with Gasteiger partial charge in [0.15, 0.2) is 5.69 Å². The molecule has 1 rings (SSSR count). The number of nitrogens with one attached hydrogen (secondary N) is 1. The highest BCUT2D eigenvalue weighted by molar-refractivity contribution is 5.88. The second-order valence-corrected chi connectivity index (χ2v) is 5.19. The molecule has 0 aromatic carbocycles. The van der Waals surface area contributed by atoms with E-state index in [2.05, 4.69) is 22.1 Å². The van der Waals surface area contributed by atoms with Gasteiger partial charge in [-0.3, -0.25) is 0 Å². The van der Waals surface area contributed by atoms with Crippen molar-refractivity contribution in [2.75, 3.05) is 6.54 Å². The monoisotopic (exact) mass is 290 g/mol. The van der Waals surface area contributed by atoms with E-state index in [1.807, 2.05) is 0 Å². The number of carboxylic acid groups (broad SMARTS) is 1. The van der Waals surface area contributed by atoms with Gasteiger partial charge in [0.05, 0.1) is 5.56 Å². The number of aromatic carboxylic acids is 1. The number of alkyl carbamates (subject to hydrolysis) is 1. The Balaban J connectivity index is 2.48. The first kappa shape index (κ1) is 16.5. The van der Waals surface area contributed by atoms with Crippen LogP contribution in [0.25, 0.3) is 0 Å². The van der Waals surface area contributed by atoms with E-state index in [0.29, 0.717) is 18.5 Å². The van der Waals surface area contributed by atoms with Crippen LogP contribution in [0.1, 0.15) is 43.2 Å². The number of pyridine rings is 1. The Bertz CT molecular complexity index is 579. The zero-order valence-electron chi connectivity index (χ0n) is 12.3. The van der Waals surface area contributed by atoms with E-state index in [0.717, 1.165) is 0 Å². The van der Waals surface area contributed by atoms with Crippen molar-refractivity contribution < 1.29 is 19.4 Å². The Morgan fingerprint density at radius 1 is 1.43 bits per heavy atom. The molecule has 0 aliphatic rings. The van der Waals surface area contributed by atoms with Crippen LogP contribution in [0.15, 0.2) is 18.3 Å². The summed E-state index contributed by atoms with van der Waals surface area (Å²) in [5, 5.41) is 11.5. The summed E-state index contributed by atoms with van der Waals surface area (Å²) < 4.78 is 5.07. The minimum absolute atomic E-state index is 0.0786. The highest BCUT2D eigenvalue weighted by Gasteiger charge is 2.15. The maximum absolute atomic E-state index is 11.4. The molecule has 1 amide bonds. The van der Waals surface area contributed by atoms with E-state index in [9.17, 15) is 9.59 Å². The quantitative estimate of drug-likeness (QED) is 0.657. The molecule has 0 saturated heterocycles. The number of carbonyl (C=O) groups is 2. The molecule has 6 heteroatoms. The first-order valence-electron chi connectivity index (χ1n) is 6.43. The fourth-order valence-corrected chi connectivity index (χ4v) is 1.38. The molecule has 0 fully saturated rings. The molecule has 0 spiro atoms. The van der Waals surface area contributed by atoms with Crippen molar-refractivity contribution in [3.8, 4) is 11.8 Å². The molecule has 1 heterocycles. The summed E-state index contributed by atoms with van der Waals surface area (Å²) in [4.78, 5) is 26.0. The fourth-order valence-electron chi connectivity index (χ4n) is 1.38. The molecular weight excluding hydrogens is 272 g/mol. The summed E-state index contributed by atoms with van der Waals surface area (Å²) in [6.07, 6.45) is 1.28. The highest BCUT2D eigenvalue weighted by Crippen LogP contribution is 2.06. The average Bonchev–Trinajstić information content (AvgIpc) is 2.36. The molecule has 0 saturated carbocycles. The lowest BCUT2D eigenvalue weighted by atomic mass is 10.2. The van der Waals surface area contributed by atoms with Crippen molar-refractivity contribution in [1.29, 1.82) is 0 Å². The van der Waals surface area contributed by atoms with Crippen LogP contribution in [0, 0.1) is 11.8 Å². The third kappa shape index (κ3) is 6.43. The van der Waals surface area contributed by atoms with Crippen molar-refractivity contribution in [3.05, 3.63) is 29.6 Å². The fraction of sp³-hybridized carbons (Fsp3) is 0.400. The first-order valence-corrected chi connectivity index (χ1v) is 6.43. The van der Waals surface area contributed by atoms with Crippen LogP contribution in [0.2, 0.25) is 0 Å². The lowest BCUT2D eigenvalue weighted by molar-refractivity contribution is 0.0528. The Morgan fingerprint density at radius 3 is 2.76 bits per heavy atom. The van der Waals surface area contributed by atoms with Crippen LogP contribution < -0.4 is 5.32 Å². The van der Waals surface area contributed by atoms with Crippen molar-refractivity contribution in [3.63, 3.8) is 0 Å². The number of nitrogens with zero attached hydrogens (tertiary/aromatic N) is 1. The molecule has 0 aliphatic carbocycles. The molecule has 0 radical (unpaired) electrons. The van der Waals surface area contributed by atoms with Crippen LogP contribution >= 0.6 is 0 Å². The van der Waals surface area contributed by atoms with E-state index in [1.54, 1.807) is 32.9 Å². The Kier molecular flexibility index (Phi) is 5.73. The highest BCUT2D eigenvalue weighted by atomic mass is 16.6. The van der Waals surface area contributed by atoms with Gasteiger partial charge in [0, 0.05) is 19.2 Å². The van der Waals surface area contributed by atoms with Crippen molar-refractivity contribution in [2.45, 2.75) is 32.8 Å². The van der Waals surface area contributed by atoms with Crippen LogP contribution in [0.5, 0.6) is 0 Å². The summed E-state index contributed by atoms with van der Waals surface area (Å²) in [5.74, 6) is 4.40. The number of carbonyl (C=O) groups excluding carboxylic acids is 1. The third-order valence-corrected chi connectivity index (χ3v) is 2.15. The normalized spacial score (nSPS) is 10.2.